The highest BCUT2D eigenvalue weighted by atomic mass is 14.2. The molecule has 0 nitrogen and oxygen atoms in total. The molecule has 2 aromatic carbocycles. The van der Waals surface area contributed by atoms with Gasteiger partial charge in [-0.3, -0.25) is 0 Å². The van der Waals surface area contributed by atoms with Crippen LogP contribution in [0, 0.1) is 13.8 Å². The van der Waals surface area contributed by atoms with E-state index >= 15 is 0 Å². The first kappa shape index (κ1) is 11.9. The molecule has 0 saturated heterocycles. The first-order chi connectivity index (χ1) is 8.24. The van der Waals surface area contributed by atoms with Crippen LogP contribution in [-0.4, -0.2) is 0 Å². The van der Waals surface area contributed by atoms with E-state index in [1.54, 1.807) is 0 Å². The Morgan fingerprint density at radius 2 is 1.18 bits per heavy atom. The molecule has 88 valence electrons. The van der Waals surface area contributed by atoms with Crippen LogP contribution in [-0.2, 0) is 0 Å². The summed E-state index contributed by atoms with van der Waals surface area (Å²) in [5.41, 5.74) is 5.71. The lowest BCUT2D eigenvalue weighted by Crippen LogP contribution is -2.03. The molecular formula is C17H20. The number of aryl methyl sites for hydroxylation is 2. The predicted octanol–water partition coefficient (Wildman–Crippen LogP) is 4.85. The van der Waals surface area contributed by atoms with Crippen LogP contribution in [0.15, 0.2) is 48.5 Å². The molecule has 0 saturated carbocycles. The van der Waals surface area contributed by atoms with Gasteiger partial charge in [0.25, 0.3) is 0 Å². The van der Waals surface area contributed by atoms with E-state index in [0.29, 0.717) is 5.92 Å². The van der Waals surface area contributed by atoms with E-state index < -0.39 is 0 Å². The maximum absolute atomic E-state index is 2.27. The van der Waals surface area contributed by atoms with Crippen molar-refractivity contribution >= 4 is 0 Å². The Kier molecular flexibility index (Phi) is 3.63. The normalized spacial score (nSPS) is 10.8. The van der Waals surface area contributed by atoms with E-state index in [1.807, 2.05) is 0 Å². The monoisotopic (exact) mass is 224 g/mol. The first-order valence-corrected chi connectivity index (χ1v) is 6.35. The van der Waals surface area contributed by atoms with Gasteiger partial charge in [0.1, 0.15) is 0 Å². The molecule has 17 heavy (non-hydrogen) atoms. The molecule has 0 aliphatic heterocycles. The van der Waals surface area contributed by atoms with Crippen molar-refractivity contribution in [2.24, 2.45) is 0 Å². The van der Waals surface area contributed by atoms with Crippen LogP contribution >= 0.6 is 0 Å². The van der Waals surface area contributed by atoms with Crippen LogP contribution in [0.25, 0.3) is 0 Å². The van der Waals surface area contributed by atoms with E-state index in [-0.39, 0.29) is 0 Å². The average molecular weight is 224 g/mol. The first-order valence-electron chi connectivity index (χ1n) is 6.35. The molecule has 0 aliphatic rings. The average Bonchev–Trinajstić information content (AvgIpc) is 2.34. The third-order valence-electron chi connectivity index (χ3n) is 3.54. The lowest BCUT2D eigenvalue weighted by Gasteiger charge is -2.20. The summed E-state index contributed by atoms with van der Waals surface area (Å²) in [6.07, 6.45) is 1.15. The number of hydrogen-bond acceptors (Lipinski definition) is 0. The Bertz CT molecular complexity index is 451. The second-order valence-corrected chi connectivity index (χ2v) is 4.67. The summed E-state index contributed by atoms with van der Waals surface area (Å²) in [6, 6.07) is 17.4. The van der Waals surface area contributed by atoms with Gasteiger partial charge in [-0.2, -0.15) is 0 Å². The van der Waals surface area contributed by atoms with Crippen molar-refractivity contribution in [1.29, 1.82) is 0 Å². The number of rotatable bonds is 3. The number of hydrogen-bond donors (Lipinski definition) is 0. The molecule has 0 bridgehead atoms. The lowest BCUT2D eigenvalue weighted by atomic mass is 9.84. The Morgan fingerprint density at radius 1 is 0.765 bits per heavy atom. The molecule has 0 fully saturated rings. The van der Waals surface area contributed by atoms with E-state index in [1.165, 1.54) is 22.3 Å². The van der Waals surface area contributed by atoms with Gasteiger partial charge in [0.05, 0.1) is 0 Å². The predicted molar refractivity (Wildman–Crippen MR) is 74.5 cm³/mol. The smallest absolute Gasteiger partial charge is 0.00919 e. The van der Waals surface area contributed by atoms with Crippen molar-refractivity contribution in [2.45, 2.75) is 33.1 Å². The largest absolute Gasteiger partial charge is 0.0645 e. The lowest BCUT2D eigenvalue weighted by molar-refractivity contribution is 0.765. The molecule has 0 aliphatic carbocycles. The zero-order valence-electron chi connectivity index (χ0n) is 10.9. The fourth-order valence-electron chi connectivity index (χ4n) is 2.56. The Hall–Kier alpha value is -1.56. The van der Waals surface area contributed by atoms with Crippen molar-refractivity contribution in [2.75, 3.05) is 0 Å². The molecule has 0 radical (unpaired) electrons. The summed E-state index contributed by atoms with van der Waals surface area (Å²) in [4.78, 5) is 0. The van der Waals surface area contributed by atoms with Gasteiger partial charge in [0.15, 0.2) is 0 Å². The highest BCUT2D eigenvalue weighted by Gasteiger charge is 2.15. The standard InChI is InChI=1S/C17H20/c1-4-15(16-11-7-5-9-13(16)2)17-12-8-6-10-14(17)3/h5-12,15H,4H2,1-3H3. The van der Waals surface area contributed by atoms with Gasteiger partial charge in [-0.05, 0) is 42.5 Å². The maximum Gasteiger partial charge on any atom is 0.00919 e. The zero-order valence-corrected chi connectivity index (χ0v) is 10.9. The third-order valence-corrected chi connectivity index (χ3v) is 3.54. The molecule has 2 aromatic rings. The van der Waals surface area contributed by atoms with Crippen LogP contribution in [0.3, 0.4) is 0 Å². The molecule has 0 atom stereocenters. The summed E-state index contributed by atoms with van der Waals surface area (Å²) in [5.74, 6) is 0.525. The zero-order chi connectivity index (χ0) is 12.3. The van der Waals surface area contributed by atoms with Crippen LogP contribution in [0.4, 0.5) is 0 Å². The van der Waals surface area contributed by atoms with Gasteiger partial charge in [-0.25, -0.2) is 0 Å². The Balaban J connectivity index is 2.48. The van der Waals surface area contributed by atoms with Crippen molar-refractivity contribution in [1.82, 2.24) is 0 Å². The summed E-state index contributed by atoms with van der Waals surface area (Å²) < 4.78 is 0. The van der Waals surface area contributed by atoms with Gasteiger partial charge >= 0.3 is 0 Å². The highest BCUT2D eigenvalue weighted by molar-refractivity contribution is 5.40. The van der Waals surface area contributed by atoms with Gasteiger partial charge in [-0.1, -0.05) is 55.5 Å². The third kappa shape index (κ3) is 2.41. The van der Waals surface area contributed by atoms with Crippen molar-refractivity contribution in [3.8, 4) is 0 Å². The summed E-state index contributed by atoms with van der Waals surface area (Å²) in [7, 11) is 0. The second-order valence-electron chi connectivity index (χ2n) is 4.67. The van der Waals surface area contributed by atoms with E-state index in [9.17, 15) is 0 Å². The molecule has 0 heterocycles. The maximum atomic E-state index is 2.27. The second kappa shape index (κ2) is 5.18. The minimum absolute atomic E-state index is 0.525. The van der Waals surface area contributed by atoms with E-state index in [4.69, 9.17) is 0 Å². The minimum atomic E-state index is 0.525. The van der Waals surface area contributed by atoms with Crippen molar-refractivity contribution in [3.63, 3.8) is 0 Å². The highest BCUT2D eigenvalue weighted by Crippen LogP contribution is 2.31. The van der Waals surface area contributed by atoms with Crippen LogP contribution in [0.2, 0.25) is 0 Å². The fraction of sp³-hybridized carbons (Fsp3) is 0.294. The quantitative estimate of drug-likeness (QED) is 0.699. The molecule has 0 aromatic heterocycles. The molecule has 0 spiro atoms. The molecule has 0 amide bonds. The molecule has 0 N–H and O–H groups in total. The van der Waals surface area contributed by atoms with E-state index in [0.717, 1.165) is 6.42 Å². The Labute approximate surface area is 104 Å². The van der Waals surface area contributed by atoms with Crippen LogP contribution < -0.4 is 0 Å². The Morgan fingerprint density at radius 3 is 1.53 bits per heavy atom. The molecule has 2 rings (SSSR count). The van der Waals surface area contributed by atoms with E-state index in [2.05, 4.69) is 69.3 Å². The molecular weight excluding hydrogens is 204 g/mol. The van der Waals surface area contributed by atoms with Gasteiger partial charge < -0.3 is 0 Å². The van der Waals surface area contributed by atoms with Gasteiger partial charge in [-0.15, -0.1) is 0 Å². The topological polar surface area (TPSA) is 0 Å². The summed E-state index contributed by atoms with van der Waals surface area (Å²) in [5, 5.41) is 0. The van der Waals surface area contributed by atoms with Crippen molar-refractivity contribution in [3.05, 3.63) is 70.8 Å². The fourth-order valence-corrected chi connectivity index (χ4v) is 2.56. The SMILES string of the molecule is CCC(c1ccccc1C)c1ccccc1C. The van der Waals surface area contributed by atoms with Crippen LogP contribution in [0.1, 0.15) is 41.5 Å². The summed E-state index contributed by atoms with van der Waals surface area (Å²) >= 11 is 0. The summed E-state index contributed by atoms with van der Waals surface area (Å²) in [6.45, 7) is 6.68. The van der Waals surface area contributed by atoms with Gasteiger partial charge in [0.2, 0.25) is 0 Å². The molecule has 0 heteroatoms. The number of benzene rings is 2. The molecule has 0 unspecified atom stereocenters. The van der Waals surface area contributed by atoms with Crippen LogP contribution in [0.5, 0.6) is 0 Å². The van der Waals surface area contributed by atoms with Crippen molar-refractivity contribution < 1.29 is 0 Å². The van der Waals surface area contributed by atoms with Gasteiger partial charge in [0, 0.05) is 5.92 Å². The minimum Gasteiger partial charge on any atom is -0.0645 e.